The van der Waals surface area contributed by atoms with Gasteiger partial charge in [-0.05, 0) is 43.0 Å². The van der Waals surface area contributed by atoms with Crippen molar-refractivity contribution in [3.8, 4) is 5.69 Å². The van der Waals surface area contributed by atoms with Gasteiger partial charge in [0.05, 0.1) is 11.0 Å². The van der Waals surface area contributed by atoms with Crippen molar-refractivity contribution in [3.05, 3.63) is 111 Å². The molecule has 1 N–H and O–H groups in total. The monoisotopic (exact) mass is 571 g/mol. The molecule has 0 saturated carbocycles. The third-order valence-electron chi connectivity index (χ3n) is 6.86. The Morgan fingerprint density at radius 1 is 0.951 bits per heavy atom. The summed E-state index contributed by atoms with van der Waals surface area (Å²) >= 11 is 1.54. The van der Waals surface area contributed by atoms with E-state index in [2.05, 4.69) is 47.6 Å². The Balaban J connectivity index is 1.66. The predicted molar refractivity (Wildman–Crippen MR) is 163 cm³/mol. The molecule has 0 fully saturated rings. The number of nitro groups is 1. The largest absolute Gasteiger partial charge is 0.346 e. The van der Waals surface area contributed by atoms with E-state index >= 15 is 0 Å². The van der Waals surface area contributed by atoms with Gasteiger partial charge in [-0.2, -0.15) is 0 Å². The molecule has 4 aromatic rings. The van der Waals surface area contributed by atoms with E-state index in [1.54, 1.807) is 23.9 Å². The normalized spacial score (nSPS) is 11.8. The van der Waals surface area contributed by atoms with E-state index in [-0.39, 0.29) is 11.6 Å². The SMILES string of the molecule is CCCCCCCC(=O)NC(Cc1ccccc1)c1nnc(SCc2cccc(C)c2)n1-c1ccc([N+](=O)[O-])cc1. The lowest BCUT2D eigenvalue weighted by atomic mass is 10.0. The Kier molecular flexibility index (Phi) is 11.1. The second-order valence-corrected chi connectivity index (χ2v) is 11.1. The number of carbonyl (C=O) groups is 1. The highest BCUT2D eigenvalue weighted by Crippen LogP contribution is 2.30. The van der Waals surface area contributed by atoms with Gasteiger partial charge in [0.2, 0.25) is 5.91 Å². The topological polar surface area (TPSA) is 103 Å². The second kappa shape index (κ2) is 15.1. The van der Waals surface area contributed by atoms with Gasteiger partial charge in [-0.3, -0.25) is 19.5 Å². The maximum Gasteiger partial charge on any atom is 0.269 e. The van der Waals surface area contributed by atoms with Crippen molar-refractivity contribution in [2.75, 3.05) is 0 Å². The van der Waals surface area contributed by atoms with Crippen LogP contribution in [0.2, 0.25) is 0 Å². The van der Waals surface area contributed by atoms with E-state index in [4.69, 9.17) is 0 Å². The van der Waals surface area contributed by atoms with Crippen LogP contribution in [-0.4, -0.2) is 25.6 Å². The number of amides is 1. The maximum atomic E-state index is 13.1. The molecule has 0 saturated heterocycles. The molecule has 0 spiro atoms. The molecule has 9 heteroatoms. The van der Waals surface area contributed by atoms with Crippen molar-refractivity contribution >= 4 is 23.4 Å². The molecule has 0 aliphatic rings. The van der Waals surface area contributed by atoms with E-state index in [1.165, 1.54) is 24.1 Å². The summed E-state index contributed by atoms with van der Waals surface area (Å²) < 4.78 is 1.92. The molecular weight excluding hydrogens is 534 g/mol. The number of carbonyl (C=O) groups excluding carboxylic acids is 1. The fourth-order valence-corrected chi connectivity index (χ4v) is 5.63. The van der Waals surface area contributed by atoms with Crippen molar-refractivity contribution in [2.24, 2.45) is 0 Å². The average Bonchev–Trinajstić information content (AvgIpc) is 3.40. The van der Waals surface area contributed by atoms with Gasteiger partial charge in [-0.15, -0.1) is 10.2 Å². The highest BCUT2D eigenvalue weighted by atomic mass is 32.2. The van der Waals surface area contributed by atoms with Crippen molar-refractivity contribution in [1.82, 2.24) is 20.1 Å². The molecule has 1 unspecified atom stereocenters. The fraction of sp³-hybridized carbons (Fsp3) is 0.344. The van der Waals surface area contributed by atoms with Crippen LogP contribution in [0.1, 0.15) is 74.0 Å². The van der Waals surface area contributed by atoms with Gasteiger partial charge < -0.3 is 5.32 Å². The molecule has 4 rings (SSSR count). The summed E-state index contributed by atoms with van der Waals surface area (Å²) in [7, 11) is 0. The fourth-order valence-electron chi connectivity index (χ4n) is 4.73. The van der Waals surface area contributed by atoms with E-state index in [1.807, 2.05) is 41.0 Å². The summed E-state index contributed by atoms with van der Waals surface area (Å²) in [5.74, 6) is 1.25. The molecular formula is C32H37N5O3S. The number of aryl methyl sites for hydroxylation is 1. The van der Waals surface area contributed by atoms with Gasteiger partial charge in [0.25, 0.3) is 5.69 Å². The summed E-state index contributed by atoms with van der Waals surface area (Å²) in [6.45, 7) is 4.24. The molecule has 0 aliphatic carbocycles. The zero-order chi connectivity index (χ0) is 29.0. The average molecular weight is 572 g/mol. The number of benzene rings is 3. The summed E-state index contributed by atoms with van der Waals surface area (Å²) in [6.07, 6.45) is 6.34. The van der Waals surface area contributed by atoms with Crippen LogP contribution >= 0.6 is 11.8 Å². The van der Waals surface area contributed by atoms with E-state index in [9.17, 15) is 14.9 Å². The molecule has 214 valence electrons. The highest BCUT2D eigenvalue weighted by Gasteiger charge is 2.25. The summed E-state index contributed by atoms with van der Waals surface area (Å²) in [6, 6.07) is 24.2. The number of nitro benzene ring substituents is 1. The third kappa shape index (κ3) is 8.75. The number of non-ortho nitro benzene ring substituents is 1. The van der Waals surface area contributed by atoms with Gasteiger partial charge >= 0.3 is 0 Å². The molecule has 3 aromatic carbocycles. The Hall–Kier alpha value is -3.98. The van der Waals surface area contributed by atoms with Crippen LogP contribution in [0.5, 0.6) is 0 Å². The van der Waals surface area contributed by atoms with Crippen LogP contribution in [0.4, 0.5) is 5.69 Å². The van der Waals surface area contributed by atoms with Crippen molar-refractivity contribution in [1.29, 1.82) is 0 Å². The summed E-state index contributed by atoms with van der Waals surface area (Å²) in [4.78, 5) is 24.0. The summed E-state index contributed by atoms with van der Waals surface area (Å²) in [5.41, 5.74) is 4.12. The Labute approximate surface area is 245 Å². The molecule has 0 bridgehead atoms. The minimum atomic E-state index is -0.434. The van der Waals surface area contributed by atoms with Crippen LogP contribution < -0.4 is 5.32 Å². The Morgan fingerprint density at radius 3 is 2.39 bits per heavy atom. The number of hydrogen-bond donors (Lipinski definition) is 1. The molecule has 1 amide bonds. The third-order valence-corrected chi connectivity index (χ3v) is 7.86. The Bertz CT molecular complexity index is 1420. The van der Waals surface area contributed by atoms with Crippen LogP contribution in [0.25, 0.3) is 5.69 Å². The van der Waals surface area contributed by atoms with E-state index in [0.717, 1.165) is 36.8 Å². The standard InChI is InChI=1S/C32H37N5O3S/c1-3-4-5-6-10-16-30(38)33-29(22-25-13-8-7-9-14-25)31-34-35-32(41-23-26-15-11-12-24(2)21-26)36(31)27-17-19-28(20-18-27)37(39)40/h7-9,11-15,17-21,29H,3-6,10,16,22-23H2,1-2H3,(H,33,38). The van der Waals surface area contributed by atoms with Crippen molar-refractivity contribution in [3.63, 3.8) is 0 Å². The number of hydrogen-bond acceptors (Lipinski definition) is 6. The number of unbranched alkanes of at least 4 members (excludes halogenated alkanes) is 4. The first kappa shape index (κ1) is 30.0. The minimum Gasteiger partial charge on any atom is -0.346 e. The zero-order valence-corrected chi connectivity index (χ0v) is 24.5. The first-order chi connectivity index (χ1) is 19.9. The van der Waals surface area contributed by atoms with Crippen molar-refractivity contribution < 1.29 is 9.72 Å². The van der Waals surface area contributed by atoms with Gasteiger partial charge in [0.1, 0.15) is 0 Å². The number of rotatable bonds is 15. The Morgan fingerprint density at radius 2 is 1.68 bits per heavy atom. The molecule has 0 radical (unpaired) electrons. The number of nitrogens with zero attached hydrogens (tertiary/aromatic N) is 4. The molecule has 1 atom stereocenters. The lowest BCUT2D eigenvalue weighted by Crippen LogP contribution is -2.31. The van der Waals surface area contributed by atoms with Crippen LogP contribution in [-0.2, 0) is 17.0 Å². The zero-order valence-electron chi connectivity index (χ0n) is 23.7. The molecule has 0 aliphatic heterocycles. The molecule has 41 heavy (non-hydrogen) atoms. The lowest BCUT2D eigenvalue weighted by Gasteiger charge is -2.20. The van der Waals surface area contributed by atoms with E-state index in [0.29, 0.717) is 35.3 Å². The summed E-state index contributed by atoms with van der Waals surface area (Å²) in [5, 5.41) is 24.3. The molecule has 8 nitrogen and oxygen atoms in total. The van der Waals surface area contributed by atoms with Gasteiger partial charge in [0.15, 0.2) is 11.0 Å². The number of aromatic nitrogens is 3. The highest BCUT2D eigenvalue weighted by molar-refractivity contribution is 7.98. The quantitative estimate of drug-likeness (QED) is 0.0684. The van der Waals surface area contributed by atoms with Gasteiger partial charge in [-0.25, -0.2) is 0 Å². The molecule has 1 aromatic heterocycles. The van der Waals surface area contributed by atoms with Crippen LogP contribution in [0.15, 0.2) is 84.0 Å². The smallest absolute Gasteiger partial charge is 0.269 e. The second-order valence-electron chi connectivity index (χ2n) is 10.2. The first-order valence-electron chi connectivity index (χ1n) is 14.2. The minimum absolute atomic E-state index is 0.00884. The predicted octanol–water partition coefficient (Wildman–Crippen LogP) is 7.54. The van der Waals surface area contributed by atoms with Gasteiger partial charge in [-0.1, -0.05) is 105 Å². The number of thioether (sulfide) groups is 1. The van der Waals surface area contributed by atoms with Crippen LogP contribution in [0, 0.1) is 17.0 Å². The van der Waals surface area contributed by atoms with Crippen molar-refractivity contribution in [2.45, 2.75) is 75.7 Å². The van der Waals surface area contributed by atoms with Gasteiger partial charge in [0, 0.05) is 30.0 Å². The lowest BCUT2D eigenvalue weighted by molar-refractivity contribution is -0.384. The number of nitrogens with one attached hydrogen (secondary N) is 1. The maximum absolute atomic E-state index is 13.1. The first-order valence-corrected chi connectivity index (χ1v) is 15.1. The van der Waals surface area contributed by atoms with E-state index < -0.39 is 11.0 Å². The van der Waals surface area contributed by atoms with Crippen LogP contribution in [0.3, 0.4) is 0 Å². The molecule has 1 heterocycles.